The normalized spacial score (nSPS) is 13.4. The molecule has 0 fully saturated rings. The van der Waals surface area contributed by atoms with Gasteiger partial charge in [0, 0.05) is 6.42 Å². The lowest BCUT2D eigenvalue weighted by Gasteiger charge is -2.24. The van der Waals surface area contributed by atoms with Gasteiger partial charge in [0.15, 0.2) is 0 Å². The maximum atomic E-state index is 13.1. The van der Waals surface area contributed by atoms with E-state index in [1.807, 2.05) is 0 Å². The van der Waals surface area contributed by atoms with Gasteiger partial charge in [-0.15, -0.1) is 0 Å². The van der Waals surface area contributed by atoms with E-state index >= 15 is 0 Å². The standard InChI is InChI=1S/C46H89NO5/c1-4-7-10-13-16-19-22-24-27-30-33-36-39-46(51)52-42(37-34-31-28-25-23-20-17-14-11-8-5-2)40-45(50)47-43(41-48)44(49)38-35-32-29-26-21-18-15-12-9-6-3/h16,19,42-44,48-49H,4-15,17-18,20-41H2,1-3H3,(H,47,50)/b19-16-. The smallest absolute Gasteiger partial charge is 0.306 e. The molecule has 0 aliphatic carbocycles. The van der Waals surface area contributed by atoms with Crippen LogP contribution in [-0.4, -0.2) is 46.9 Å². The van der Waals surface area contributed by atoms with E-state index in [0.29, 0.717) is 19.3 Å². The van der Waals surface area contributed by atoms with Crippen LogP contribution in [0.15, 0.2) is 12.2 Å². The summed E-state index contributed by atoms with van der Waals surface area (Å²) < 4.78 is 5.89. The Labute approximate surface area is 323 Å². The third kappa shape index (κ3) is 35.6. The second-order valence-electron chi connectivity index (χ2n) is 15.8. The van der Waals surface area contributed by atoms with Crippen molar-refractivity contribution in [2.75, 3.05) is 6.61 Å². The molecule has 0 aliphatic heterocycles. The maximum Gasteiger partial charge on any atom is 0.306 e. The summed E-state index contributed by atoms with van der Waals surface area (Å²) in [4.78, 5) is 25.9. The van der Waals surface area contributed by atoms with Gasteiger partial charge in [-0.3, -0.25) is 9.59 Å². The number of allylic oxidation sites excluding steroid dienone is 2. The van der Waals surface area contributed by atoms with Crippen LogP contribution in [0, 0.1) is 0 Å². The number of carbonyl (C=O) groups excluding carboxylic acids is 2. The molecule has 52 heavy (non-hydrogen) atoms. The van der Waals surface area contributed by atoms with Crippen LogP contribution in [0.2, 0.25) is 0 Å². The summed E-state index contributed by atoms with van der Waals surface area (Å²) in [5.41, 5.74) is 0. The summed E-state index contributed by atoms with van der Waals surface area (Å²) in [6.07, 6.45) is 42.6. The van der Waals surface area contributed by atoms with Gasteiger partial charge in [0.25, 0.3) is 0 Å². The minimum atomic E-state index is -0.780. The molecule has 0 aromatic rings. The first-order valence-corrected chi connectivity index (χ1v) is 22.9. The van der Waals surface area contributed by atoms with E-state index in [9.17, 15) is 19.8 Å². The maximum absolute atomic E-state index is 13.1. The molecule has 6 heteroatoms. The number of carbonyl (C=O) groups is 2. The number of hydrogen-bond acceptors (Lipinski definition) is 5. The van der Waals surface area contributed by atoms with Crippen molar-refractivity contribution in [2.45, 2.75) is 264 Å². The van der Waals surface area contributed by atoms with Gasteiger partial charge in [0.05, 0.1) is 25.2 Å². The Morgan fingerprint density at radius 3 is 1.40 bits per heavy atom. The Balaban J connectivity index is 4.57. The minimum Gasteiger partial charge on any atom is -0.462 e. The summed E-state index contributed by atoms with van der Waals surface area (Å²) >= 11 is 0. The Bertz CT molecular complexity index is 787. The molecule has 0 aromatic carbocycles. The van der Waals surface area contributed by atoms with E-state index in [1.54, 1.807) is 0 Å². The van der Waals surface area contributed by atoms with Crippen molar-refractivity contribution < 1.29 is 24.5 Å². The predicted octanol–water partition coefficient (Wildman–Crippen LogP) is 13.0. The monoisotopic (exact) mass is 736 g/mol. The minimum absolute atomic E-state index is 0.0803. The second kappa shape index (κ2) is 40.8. The SMILES string of the molecule is CCCCC/C=C\CCCCCCCC(=O)OC(CCCCCCCCCCCCC)CC(=O)NC(CO)C(O)CCCCCCCCCCCC. The Morgan fingerprint density at radius 2 is 0.923 bits per heavy atom. The van der Waals surface area contributed by atoms with Gasteiger partial charge in [-0.1, -0.05) is 193 Å². The van der Waals surface area contributed by atoms with Crippen molar-refractivity contribution in [3.8, 4) is 0 Å². The molecule has 3 atom stereocenters. The highest BCUT2D eigenvalue weighted by molar-refractivity contribution is 5.77. The van der Waals surface area contributed by atoms with Gasteiger partial charge in [0.2, 0.25) is 5.91 Å². The Hall–Kier alpha value is -1.40. The first-order chi connectivity index (χ1) is 25.5. The van der Waals surface area contributed by atoms with Gasteiger partial charge >= 0.3 is 5.97 Å². The molecule has 0 rings (SSSR count). The summed E-state index contributed by atoms with van der Waals surface area (Å²) in [6, 6.07) is -0.694. The topological polar surface area (TPSA) is 95.9 Å². The zero-order valence-electron chi connectivity index (χ0n) is 35.0. The van der Waals surface area contributed by atoms with Crippen molar-refractivity contribution in [3.05, 3.63) is 12.2 Å². The number of rotatable bonds is 41. The molecular weight excluding hydrogens is 647 g/mol. The summed E-state index contributed by atoms with van der Waals surface area (Å²) in [7, 11) is 0. The van der Waals surface area contributed by atoms with Crippen LogP contribution in [-0.2, 0) is 14.3 Å². The molecule has 0 bridgehead atoms. The van der Waals surface area contributed by atoms with Crippen LogP contribution >= 0.6 is 0 Å². The molecule has 0 radical (unpaired) electrons. The summed E-state index contributed by atoms with van der Waals surface area (Å²) in [6.45, 7) is 6.44. The average molecular weight is 736 g/mol. The lowest BCUT2D eigenvalue weighted by molar-refractivity contribution is -0.151. The van der Waals surface area contributed by atoms with E-state index in [4.69, 9.17) is 4.74 Å². The van der Waals surface area contributed by atoms with E-state index in [1.165, 1.54) is 148 Å². The zero-order chi connectivity index (χ0) is 38.2. The predicted molar refractivity (Wildman–Crippen MR) is 223 cm³/mol. The molecule has 0 saturated heterocycles. The summed E-state index contributed by atoms with van der Waals surface area (Å²) in [5, 5.41) is 23.6. The molecule has 1 amide bonds. The number of aliphatic hydroxyl groups is 2. The highest BCUT2D eigenvalue weighted by Gasteiger charge is 2.24. The number of ether oxygens (including phenoxy) is 1. The first-order valence-electron chi connectivity index (χ1n) is 22.9. The van der Waals surface area contributed by atoms with Crippen molar-refractivity contribution in [3.63, 3.8) is 0 Å². The van der Waals surface area contributed by atoms with Crippen LogP contribution < -0.4 is 5.32 Å². The van der Waals surface area contributed by atoms with Crippen LogP contribution in [0.1, 0.15) is 245 Å². The van der Waals surface area contributed by atoms with Crippen LogP contribution in [0.25, 0.3) is 0 Å². The lowest BCUT2D eigenvalue weighted by Crippen LogP contribution is -2.46. The highest BCUT2D eigenvalue weighted by atomic mass is 16.5. The van der Waals surface area contributed by atoms with Gasteiger partial charge in [-0.2, -0.15) is 0 Å². The van der Waals surface area contributed by atoms with Crippen molar-refractivity contribution >= 4 is 11.9 Å². The molecule has 0 aromatic heterocycles. The number of nitrogens with one attached hydrogen (secondary N) is 1. The fourth-order valence-corrected chi connectivity index (χ4v) is 7.07. The van der Waals surface area contributed by atoms with Gasteiger partial charge in [-0.25, -0.2) is 0 Å². The Morgan fingerprint density at radius 1 is 0.538 bits per heavy atom. The largest absolute Gasteiger partial charge is 0.462 e. The lowest BCUT2D eigenvalue weighted by atomic mass is 10.0. The molecule has 0 aliphatic rings. The molecule has 0 heterocycles. The van der Waals surface area contributed by atoms with E-state index < -0.39 is 18.2 Å². The van der Waals surface area contributed by atoms with Crippen molar-refractivity contribution in [1.82, 2.24) is 5.32 Å². The quantitative estimate of drug-likeness (QED) is 0.0330. The van der Waals surface area contributed by atoms with Gasteiger partial charge in [-0.05, 0) is 51.4 Å². The number of aliphatic hydroxyl groups excluding tert-OH is 2. The van der Waals surface area contributed by atoms with Crippen LogP contribution in [0.3, 0.4) is 0 Å². The third-order valence-corrected chi connectivity index (χ3v) is 10.6. The average Bonchev–Trinajstić information content (AvgIpc) is 3.13. The molecular formula is C46H89NO5. The molecule has 3 unspecified atom stereocenters. The number of hydrogen-bond donors (Lipinski definition) is 3. The molecule has 308 valence electrons. The van der Waals surface area contributed by atoms with Crippen LogP contribution in [0.5, 0.6) is 0 Å². The fraction of sp³-hybridized carbons (Fsp3) is 0.913. The molecule has 0 saturated carbocycles. The molecule has 3 N–H and O–H groups in total. The Kier molecular flexibility index (Phi) is 39.7. The number of esters is 1. The van der Waals surface area contributed by atoms with Crippen molar-refractivity contribution in [2.24, 2.45) is 0 Å². The fourth-order valence-electron chi connectivity index (χ4n) is 7.07. The first kappa shape index (κ1) is 50.6. The van der Waals surface area contributed by atoms with Gasteiger partial charge in [0.1, 0.15) is 6.10 Å². The van der Waals surface area contributed by atoms with Crippen LogP contribution in [0.4, 0.5) is 0 Å². The second-order valence-corrected chi connectivity index (χ2v) is 15.8. The van der Waals surface area contributed by atoms with Crippen molar-refractivity contribution in [1.29, 1.82) is 0 Å². The van der Waals surface area contributed by atoms with E-state index in [-0.39, 0.29) is 24.9 Å². The summed E-state index contributed by atoms with van der Waals surface area (Å²) in [5.74, 6) is -0.475. The number of amides is 1. The van der Waals surface area contributed by atoms with Gasteiger partial charge < -0.3 is 20.3 Å². The molecule has 6 nitrogen and oxygen atoms in total. The molecule has 0 spiro atoms. The third-order valence-electron chi connectivity index (χ3n) is 10.6. The zero-order valence-corrected chi connectivity index (χ0v) is 35.0. The van der Waals surface area contributed by atoms with E-state index in [2.05, 4.69) is 38.2 Å². The number of unbranched alkanes of at least 4 members (excludes halogenated alkanes) is 27. The highest BCUT2D eigenvalue weighted by Crippen LogP contribution is 2.18. The van der Waals surface area contributed by atoms with E-state index in [0.717, 1.165) is 51.4 Å².